The van der Waals surface area contributed by atoms with Crippen LogP contribution in [-0.4, -0.2) is 0 Å². The molecule has 0 saturated heterocycles. The molecule has 0 bridgehead atoms. The Morgan fingerprint density at radius 1 is 0.263 bits per heavy atom. The molecule has 0 aromatic carbocycles. The number of hydrogen-bond donors (Lipinski definition) is 0. The van der Waals surface area contributed by atoms with Gasteiger partial charge in [0.15, 0.2) is 0 Å². The van der Waals surface area contributed by atoms with Crippen LogP contribution in [0.5, 0.6) is 0 Å². The lowest BCUT2D eigenvalue weighted by Crippen LogP contribution is -2.10. The largest absolute Gasteiger partial charge is 0.0628 e. The molecule has 0 atom stereocenters. The van der Waals surface area contributed by atoms with Crippen LogP contribution >= 0.6 is 0 Å². The normalized spacial score (nSPS) is 11.4. The summed E-state index contributed by atoms with van der Waals surface area (Å²) >= 11 is 0. The zero-order chi connectivity index (χ0) is 31.6. The summed E-state index contributed by atoms with van der Waals surface area (Å²) in [6.45, 7) is 47.8. The van der Waals surface area contributed by atoms with Crippen LogP contribution in [0.2, 0.25) is 0 Å². The summed E-state index contributed by atoms with van der Waals surface area (Å²) in [6.07, 6.45) is 8.35. The highest BCUT2D eigenvalue weighted by Gasteiger charge is 2.09. The Bertz CT molecular complexity index is 356. The molecule has 0 N–H and O–H groups in total. The van der Waals surface area contributed by atoms with Crippen molar-refractivity contribution in [2.75, 3.05) is 0 Å². The van der Waals surface area contributed by atoms with Gasteiger partial charge in [0.1, 0.15) is 0 Å². The van der Waals surface area contributed by atoms with Gasteiger partial charge in [-0.05, 0) is 71.5 Å². The first-order valence-electron chi connectivity index (χ1n) is 17.1. The summed E-state index contributed by atoms with van der Waals surface area (Å²) in [6, 6.07) is 0. The molecule has 0 aliphatic rings. The minimum atomic E-state index is 0.843. The molecular weight excluding hydrogens is 456 g/mol. The minimum Gasteiger partial charge on any atom is -0.0628 e. The van der Waals surface area contributed by atoms with Crippen molar-refractivity contribution in [2.45, 2.75) is 184 Å². The zero-order valence-electron chi connectivity index (χ0n) is 31.6. The van der Waals surface area contributed by atoms with Crippen LogP contribution in [0.25, 0.3) is 0 Å². The lowest BCUT2D eigenvalue weighted by molar-refractivity contribution is 0.316. The van der Waals surface area contributed by atoms with Crippen molar-refractivity contribution in [3.8, 4) is 0 Å². The topological polar surface area (TPSA) is 0 Å². The minimum absolute atomic E-state index is 0.843. The van der Waals surface area contributed by atoms with Crippen molar-refractivity contribution in [3.05, 3.63) is 0 Å². The fourth-order valence-electron chi connectivity index (χ4n) is 3.31. The van der Waals surface area contributed by atoms with Crippen LogP contribution in [0.3, 0.4) is 0 Å². The maximum absolute atomic E-state index is 2.31. The van der Waals surface area contributed by atoms with Crippen molar-refractivity contribution in [1.29, 1.82) is 0 Å². The van der Waals surface area contributed by atoms with Crippen LogP contribution in [-0.2, 0) is 0 Å². The van der Waals surface area contributed by atoms with Gasteiger partial charge in [-0.15, -0.1) is 0 Å². The molecule has 0 aliphatic carbocycles. The van der Waals surface area contributed by atoms with Gasteiger partial charge < -0.3 is 0 Å². The van der Waals surface area contributed by atoms with Gasteiger partial charge in [-0.25, -0.2) is 0 Å². The molecule has 0 rings (SSSR count). The molecule has 238 valence electrons. The van der Waals surface area contributed by atoms with E-state index in [1.54, 1.807) is 0 Å². The second-order valence-electron chi connectivity index (χ2n) is 15.9. The molecule has 0 saturated carbocycles. The zero-order valence-corrected chi connectivity index (χ0v) is 31.6. The van der Waals surface area contributed by atoms with Crippen molar-refractivity contribution in [2.24, 2.45) is 65.1 Å². The maximum Gasteiger partial charge on any atom is -0.0396 e. The van der Waals surface area contributed by atoms with Crippen LogP contribution in [0, 0.1) is 65.1 Å². The van der Waals surface area contributed by atoms with Crippen LogP contribution in [0.15, 0.2) is 0 Å². The van der Waals surface area contributed by atoms with E-state index in [1.807, 2.05) is 0 Å². The highest BCUT2D eigenvalue weighted by Crippen LogP contribution is 2.18. The highest BCUT2D eigenvalue weighted by atomic mass is 14.2. The molecule has 0 aliphatic heterocycles. The third-order valence-electron chi connectivity index (χ3n) is 7.26. The van der Waals surface area contributed by atoms with Crippen LogP contribution < -0.4 is 0 Å². The standard InChI is InChI=1S/C9H20.2C8H18.C7H16.C6H14/c1-8(2)6-5-7-9(3)4;1-7(2)5-6-8(3)4;1-6(2)8(5)7(3)4;1-6(2)5-7(3)4;1-5(2)6(3)4/h8-9H,5-7H2,1-4H3;7-8H,5-6H2,1-4H3;6-8H,1-5H3;6-7H,5H2,1-4H3;5-6H,1-4H3. The van der Waals surface area contributed by atoms with Gasteiger partial charge in [-0.3, -0.25) is 0 Å². The molecule has 0 aromatic heterocycles. The van der Waals surface area contributed by atoms with Crippen LogP contribution in [0.4, 0.5) is 0 Å². The van der Waals surface area contributed by atoms with E-state index in [1.165, 1.54) is 38.5 Å². The highest BCUT2D eigenvalue weighted by molar-refractivity contribution is 4.59. The Balaban J connectivity index is -0.000000120. The lowest BCUT2D eigenvalue weighted by atomic mass is 9.88. The lowest BCUT2D eigenvalue weighted by Gasteiger charge is -2.18. The Kier molecular flexibility index (Phi) is 39.6. The van der Waals surface area contributed by atoms with E-state index < -0.39 is 0 Å². The summed E-state index contributed by atoms with van der Waals surface area (Å²) in [5.74, 6) is 9.57. The molecule has 0 heteroatoms. The Hall–Kier alpha value is 0. The van der Waals surface area contributed by atoms with Crippen LogP contribution in [0.1, 0.15) is 184 Å². The van der Waals surface area contributed by atoms with E-state index in [0.717, 1.165) is 65.1 Å². The van der Waals surface area contributed by atoms with Crippen molar-refractivity contribution < 1.29 is 0 Å². The fraction of sp³-hybridized carbons (Fsp3) is 1.00. The predicted octanol–water partition coefficient (Wildman–Crippen LogP) is 14.5. The molecule has 0 radical (unpaired) electrons. The number of rotatable bonds is 12. The molecule has 0 amide bonds. The molecule has 0 heterocycles. The summed E-state index contributed by atoms with van der Waals surface area (Å²) < 4.78 is 0. The van der Waals surface area contributed by atoms with E-state index in [9.17, 15) is 0 Å². The SMILES string of the molecule is CC(C)C(C)C.CC(C)C(C)C(C)C.CC(C)CC(C)C.CC(C)CCC(C)C.CC(C)CCCC(C)C. The third-order valence-corrected chi connectivity index (χ3v) is 7.26. The fourth-order valence-corrected chi connectivity index (χ4v) is 3.31. The average Bonchev–Trinajstić information content (AvgIpc) is 2.71. The van der Waals surface area contributed by atoms with Crippen molar-refractivity contribution >= 4 is 0 Å². The molecular formula is C38H86. The van der Waals surface area contributed by atoms with Gasteiger partial charge in [-0.1, -0.05) is 178 Å². The van der Waals surface area contributed by atoms with Gasteiger partial charge in [0.25, 0.3) is 0 Å². The summed E-state index contributed by atoms with van der Waals surface area (Å²) in [4.78, 5) is 0. The summed E-state index contributed by atoms with van der Waals surface area (Å²) in [5.41, 5.74) is 0. The summed E-state index contributed by atoms with van der Waals surface area (Å²) in [7, 11) is 0. The van der Waals surface area contributed by atoms with E-state index in [0.29, 0.717) is 0 Å². The molecule has 0 unspecified atom stereocenters. The second kappa shape index (κ2) is 31.5. The number of hydrogen-bond acceptors (Lipinski definition) is 0. The molecule has 0 fully saturated rings. The quantitative estimate of drug-likeness (QED) is 0.230. The van der Waals surface area contributed by atoms with E-state index in [-0.39, 0.29) is 0 Å². The first-order chi connectivity index (χ1) is 17.1. The smallest absolute Gasteiger partial charge is 0.0396 e. The average molecular weight is 543 g/mol. The van der Waals surface area contributed by atoms with Gasteiger partial charge in [0.2, 0.25) is 0 Å². The Morgan fingerprint density at radius 3 is 0.579 bits per heavy atom. The van der Waals surface area contributed by atoms with Gasteiger partial charge >= 0.3 is 0 Å². The monoisotopic (exact) mass is 543 g/mol. The van der Waals surface area contributed by atoms with Gasteiger partial charge in [0.05, 0.1) is 0 Å². The Morgan fingerprint density at radius 2 is 0.500 bits per heavy atom. The molecule has 0 aromatic rings. The first-order valence-corrected chi connectivity index (χ1v) is 17.1. The van der Waals surface area contributed by atoms with Crippen molar-refractivity contribution in [1.82, 2.24) is 0 Å². The summed E-state index contributed by atoms with van der Waals surface area (Å²) in [5, 5.41) is 0. The Labute approximate surface area is 248 Å². The first kappa shape index (κ1) is 47.8. The molecule has 0 spiro atoms. The van der Waals surface area contributed by atoms with Gasteiger partial charge in [0, 0.05) is 0 Å². The van der Waals surface area contributed by atoms with Gasteiger partial charge in [-0.2, -0.15) is 0 Å². The maximum atomic E-state index is 2.31. The third kappa shape index (κ3) is 60.5. The van der Waals surface area contributed by atoms with E-state index >= 15 is 0 Å². The second-order valence-corrected chi connectivity index (χ2v) is 15.9. The van der Waals surface area contributed by atoms with Crippen molar-refractivity contribution in [3.63, 3.8) is 0 Å². The molecule has 38 heavy (non-hydrogen) atoms. The van der Waals surface area contributed by atoms with E-state index in [2.05, 4.69) is 145 Å². The van der Waals surface area contributed by atoms with E-state index in [4.69, 9.17) is 0 Å². The molecule has 0 nitrogen and oxygen atoms in total. The predicted molar refractivity (Wildman–Crippen MR) is 185 cm³/mol.